The molecule has 96 valence electrons. The van der Waals surface area contributed by atoms with Gasteiger partial charge in [-0.2, -0.15) is 5.26 Å². The van der Waals surface area contributed by atoms with Crippen molar-refractivity contribution < 1.29 is 9.59 Å². The van der Waals surface area contributed by atoms with Gasteiger partial charge in [0.25, 0.3) is 11.8 Å². The van der Waals surface area contributed by atoms with Crippen LogP contribution in [0.25, 0.3) is 0 Å². The number of halogens is 1. The van der Waals surface area contributed by atoms with Gasteiger partial charge in [0.15, 0.2) is 0 Å². The van der Waals surface area contributed by atoms with Crippen LogP contribution < -0.4 is 4.90 Å². The van der Waals surface area contributed by atoms with Gasteiger partial charge < -0.3 is 0 Å². The second-order valence-electron chi connectivity index (χ2n) is 4.26. The molecule has 1 aliphatic rings. The molecule has 2 aromatic carbocycles. The Hall–Kier alpha value is -2.64. The first-order valence-electron chi connectivity index (χ1n) is 5.81. The van der Waals surface area contributed by atoms with Crippen LogP contribution in [0.4, 0.5) is 5.69 Å². The van der Waals surface area contributed by atoms with E-state index in [2.05, 4.69) is 0 Å². The largest absolute Gasteiger partial charge is 0.268 e. The molecule has 5 heteroatoms. The zero-order valence-electron chi connectivity index (χ0n) is 10.1. The van der Waals surface area contributed by atoms with Crippen molar-refractivity contribution in [3.8, 4) is 6.07 Å². The van der Waals surface area contributed by atoms with Gasteiger partial charge in [-0.25, -0.2) is 4.90 Å². The molecule has 1 aliphatic heterocycles. The fraction of sp³-hybridized carbons (Fsp3) is 0. The second kappa shape index (κ2) is 4.48. The Bertz CT molecular complexity index is 758. The van der Waals surface area contributed by atoms with E-state index in [1.807, 2.05) is 6.07 Å². The lowest BCUT2D eigenvalue weighted by Gasteiger charge is -2.15. The topological polar surface area (TPSA) is 61.2 Å². The number of nitriles is 1. The molecule has 0 atom stereocenters. The summed E-state index contributed by atoms with van der Waals surface area (Å²) in [5.41, 5.74) is 1.13. The van der Waals surface area contributed by atoms with Crippen molar-refractivity contribution in [1.82, 2.24) is 0 Å². The van der Waals surface area contributed by atoms with Crippen molar-refractivity contribution in [2.75, 3.05) is 4.90 Å². The maximum atomic E-state index is 12.3. The molecule has 0 saturated heterocycles. The van der Waals surface area contributed by atoms with E-state index < -0.39 is 11.8 Å². The summed E-state index contributed by atoms with van der Waals surface area (Å²) in [7, 11) is 0. The molecule has 0 unspecified atom stereocenters. The first-order chi connectivity index (χ1) is 9.63. The number of amides is 2. The lowest BCUT2D eigenvalue weighted by atomic mass is 10.1. The Morgan fingerprint density at radius 3 is 2.15 bits per heavy atom. The van der Waals surface area contributed by atoms with Crippen LogP contribution in [0.3, 0.4) is 0 Å². The molecule has 20 heavy (non-hydrogen) atoms. The lowest BCUT2D eigenvalue weighted by molar-refractivity contribution is 0.0926. The number of benzene rings is 2. The second-order valence-corrected chi connectivity index (χ2v) is 4.70. The van der Waals surface area contributed by atoms with E-state index in [9.17, 15) is 9.59 Å². The molecule has 0 radical (unpaired) electrons. The lowest BCUT2D eigenvalue weighted by Crippen LogP contribution is -2.30. The Labute approximate surface area is 119 Å². The molecule has 0 aliphatic carbocycles. The van der Waals surface area contributed by atoms with Crippen LogP contribution in [0.1, 0.15) is 26.3 Å². The number of fused-ring (bicyclic) bond motifs is 1. The van der Waals surface area contributed by atoms with Gasteiger partial charge in [0.05, 0.1) is 22.4 Å². The third-order valence-corrected chi connectivity index (χ3v) is 3.35. The highest BCUT2D eigenvalue weighted by Gasteiger charge is 2.37. The van der Waals surface area contributed by atoms with Crippen LogP contribution in [-0.4, -0.2) is 11.8 Å². The fourth-order valence-electron chi connectivity index (χ4n) is 2.20. The highest BCUT2D eigenvalue weighted by molar-refractivity contribution is 6.35. The molecule has 4 nitrogen and oxygen atoms in total. The standard InChI is InChI=1S/C15H7ClN2O2/c16-10-5-6-13(9(7-10)8-17)18-14(19)11-3-1-2-4-12(11)15(18)20/h1-7H. The summed E-state index contributed by atoms with van der Waals surface area (Å²) in [6, 6.07) is 13.0. The average molecular weight is 283 g/mol. The van der Waals surface area contributed by atoms with Gasteiger partial charge in [0.2, 0.25) is 0 Å². The number of nitrogens with zero attached hydrogens (tertiary/aromatic N) is 2. The van der Waals surface area contributed by atoms with Gasteiger partial charge in [-0.3, -0.25) is 9.59 Å². The van der Waals surface area contributed by atoms with Crippen molar-refractivity contribution in [1.29, 1.82) is 5.26 Å². The molecule has 0 bridgehead atoms. The zero-order chi connectivity index (χ0) is 14.3. The summed E-state index contributed by atoms with van der Waals surface area (Å²) in [6.07, 6.45) is 0. The van der Waals surface area contributed by atoms with Gasteiger partial charge in [-0.15, -0.1) is 0 Å². The number of hydrogen-bond acceptors (Lipinski definition) is 3. The van der Waals surface area contributed by atoms with Crippen LogP contribution in [0.15, 0.2) is 42.5 Å². The monoisotopic (exact) mass is 282 g/mol. The summed E-state index contributed by atoms with van der Waals surface area (Å²) < 4.78 is 0. The van der Waals surface area contributed by atoms with Crippen LogP contribution in [0, 0.1) is 11.3 Å². The summed E-state index contributed by atoms with van der Waals surface area (Å²) >= 11 is 5.82. The van der Waals surface area contributed by atoms with Crippen molar-refractivity contribution >= 4 is 29.1 Å². The number of carbonyl (C=O) groups is 2. The smallest absolute Gasteiger partial charge is 0.266 e. The quantitative estimate of drug-likeness (QED) is 0.755. The zero-order valence-corrected chi connectivity index (χ0v) is 10.9. The highest BCUT2D eigenvalue weighted by atomic mass is 35.5. The first-order valence-corrected chi connectivity index (χ1v) is 6.19. The van der Waals surface area contributed by atoms with Crippen molar-refractivity contribution in [2.24, 2.45) is 0 Å². The normalized spacial score (nSPS) is 13.3. The Kier molecular flexibility index (Phi) is 2.78. The maximum Gasteiger partial charge on any atom is 0.266 e. The number of hydrogen-bond donors (Lipinski definition) is 0. The summed E-state index contributed by atoms with van der Waals surface area (Å²) in [5, 5.41) is 9.51. The number of anilines is 1. The van der Waals surface area contributed by atoms with Crippen LogP contribution in [-0.2, 0) is 0 Å². The van der Waals surface area contributed by atoms with E-state index in [0.717, 1.165) is 4.90 Å². The van der Waals surface area contributed by atoms with Gasteiger partial charge in [0.1, 0.15) is 6.07 Å². The Balaban J connectivity index is 2.17. The van der Waals surface area contributed by atoms with Crippen molar-refractivity contribution in [3.05, 3.63) is 64.2 Å². The maximum absolute atomic E-state index is 12.3. The summed E-state index contributed by atoms with van der Waals surface area (Å²) in [4.78, 5) is 25.7. The molecule has 0 spiro atoms. The van der Waals surface area contributed by atoms with Crippen LogP contribution >= 0.6 is 11.6 Å². The fourth-order valence-corrected chi connectivity index (χ4v) is 2.37. The third kappa shape index (κ3) is 1.68. The van der Waals surface area contributed by atoms with Crippen molar-refractivity contribution in [3.63, 3.8) is 0 Å². The van der Waals surface area contributed by atoms with Crippen LogP contribution in [0.2, 0.25) is 5.02 Å². The predicted octanol–water partition coefficient (Wildman–Crippen LogP) is 3.01. The molecule has 1 heterocycles. The molecule has 2 amide bonds. The van der Waals surface area contributed by atoms with E-state index in [1.165, 1.54) is 12.1 Å². The Morgan fingerprint density at radius 2 is 1.60 bits per heavy atom. The molecule has 0 saturated carbocycles. The summed E-state index contributed by atoms with van der Waals surface area (Å²) in [6.45, 7) is 0. The number of carbonyl (C=O) groups excluding carboxylic acids is 2. The number of imide groups is 1. The minimum Gasteiger partial charge on any atom is -0.268 e. The molecular formula is C15H7ClN2O2. The number of rotatable bonds is 1. The van der Waals surface area contributed by atoms with Crippen molar-refractivity contribution in [2.45, 2.75) is 0 Å². The van der Waals surface area contributed by atoms with Gasteiger partial charge in [-0.1, -0.05) is 23.7 Å². The highest BCUT2D eigenvalue weighted by Crippen LogP contribution is 2.31. The third-order valence-electron chi connectivity index (χ3n) is 3.11. The Morgan fingerprint density at radius 1 is 1.00 bits per heavy atom. The first kappa shape index (κ1) is 12.4. The van der Waals surface area contributed by atoms with E-state index in [4.69, 9.17) is 16.9 Å². The molecule has 2 aromatic rings. The van der Waals surface area contributed by atoms with E-state index in [0.29, 0.717) is 16.1 Å². The van der Waals surface area contributed by atoms with Gasteiger partial charge in [0, 0.05) is 5.02 Å². The van der Waals surface area contributed by atoms with Crippen LogP contribution in [0.5, 0.6) is 0 Å². The molecule has 0 aromatic heterocycles. The minimum absolute atomic E-state index is 0.187. The molecule has 0 fully saturated rings. The SMILES string of the molecule is N#Cc1cc(Cl)ccc1N1C(=O)c2ccccc2C1=O. The van der Waals surface area contributed by atoms with E-state index >= 15 is 0 Å². The van der Waals surface area contributed by atoms with Gasteiger partial charge >= 0.3 is 0 Å². The summed E-state index contributed by atoms with van der Waals surface area (Å²) in [5.74, 6) is -0.853. The molecule has 3 rings (SSSR count). The average Bonchev–Trinajstić information content (AvgIpc) is 2.72. The predicted molar refractivity (Wildman–Crippen MR) is 73.7 cm³/mol. The van der Waals surface area contributed by atoms with E-state index in [1.54, 1.807) is 30.3 Å². The van der Waals surface area contributed by atoms with Gasteiger partial charge in [-0.05, 0) is 30.3 Å². The van der Waals surface area contributed by atoms with E-state index in [-0.39, 0.29) is 11.3 Å². The molecular weight excluding hydrogens is 276 g/mol. The minimum atomic E-state index is -0.426. The molecule has 0 N–H and O–H groups in total.